The third-order valence-electron chi connectivity index (χ3n) is 3.84. The molecule has 0 radical (unpaired) electrons. The number of anilines is 2. The molecular formula is C21H24BrN3O4S. The molecule has 0 aliphatic rings. The fourth-order valence-corrected chi connectivity index (χ4v) is 3.07. The summed E-state index contributed by atoms with van der Waals surface area (Å²) in [6.07, 6.45) is 1.22. The van der Waals surface area contributed by atoms with Crippen LogP contribution in [0.2, 0.25) is 0 Å². The number of amides is 2. The Morgan fingerprint density at radius 3 is 2.50 bits per heavy atom. The average Bonchev–Trinajstić information content (AvgIpc) is 2.69. The van der Waals surface area contributed by atoms with E-state index in [4.69, 9.17) is 21.7 Å². The molecule has 2 aromatic rings. The fraction of sp³-hybridized carbons (Fsp3) is 0.286. The summed E-state index contributed by atoms with van der Waals surface area (Å²) in [7, 11) is 1.58. The Morgan fingerprint density at radius 1 is 1.07 bits per heavy atom. The number of methoxy groups -OCH3 is 1. The zero-order valence-corrected chi connectivity index (χ0v) is 19.2. The van der Waals surface area contributed by atoms with Crippen molar-refractivity contribution in [3.8, 4) is 5.75 Å². The summed E-state index contributed by atoms with van der Waals surface area (Å²) in [5.74, 6) is -0.0361. The quantitative estimate of drug-likeness (QED) is 0.355. The van der Waals surface area contributed by atoms with Crippen molar-refractivity contribution in [3.05, 3.63) is 52.5 Å². The highest BCUT2D eigenvalue weighted by molar-refractivity contribution is 9.10. The molecule has 160 valence electrons. The maximum atomic E-state index is 12.7. The molecule has 0 unspecified atom stereocenters. The first-order valence-electron chi connectivity index (χ1n) is 9.36. The number of ether oxygens (including phenoxy) is 2. The van der Waals surface area contributed by atoms with Crippen LogP contribution in [0.5, 0.6) is 5.75 Å². The molecule has 30 heavy (non-hydrogen) atoms. The Kier molecular flexibility index (Phi) is 9.72. The SMILES string of the molecule is CCCC(=O)Nc1cccc(NC(=S)NC(=O)c2cc(Br)ccc2OCCOC)c1. The first kappa shape index (κ1) is 23.8. The lowest BCUT2D eigenvalue weighted by molar-refractivity contribution is -0.116. The molecule has 0 spiro atoms. The average molecular weight is 494 g/mol. The molecule has 0 heterocycles. The minimum Gasteiger partial charge on any atom is -0.490 e. The Hall–Kier alpha value is -2.49. The van der Waals surface area contributed by atoms with Crippen molar-refractivity contribution in [2.75, 3.05) is 31.0 Å². The van der Waals surface area contributed by atoms with Gasteiger partial charge >= 0.3 is 0 Å². The van der Waals surface area contributed by atoms with Gasteiger partial charge in [-0.3, -0.25) is 14.9 Å². The van der Waals surface area contributed by atoms with Crippen LogP contribution in [0, 0.1) is 0 Å². The third kappa shape index (κ3) is 7.74. The molecule has 0 fully saturated rings. The van der Waals surface area contributed by atoms with E-state index >= 15 is 0 Å². The van der Waals surface area contributed by atoms with Crippen LogP contribution in [0.25, 0.3) is 0 Å². The van der Waals surface area contributed by atoms with Crippen molar-refractivity contribution in [2.45, 2.75) is 19.8 Å². The van der Waals surface area contributed by atoms with E-state index in [0.29, 0.717) is 42.3 Å². The highest BCUT2D eigenvalue weighted by Crippen LogP contribution is 2.23. The van der Waals surface area contributed by atoms with Gasteiger partial charge in [-0.05, 0) is 55.0 Å². The van der Waals surface area contributed by atoms with Crippen molar-refractivity contribution in [3.63, 3.8) is 0 Å². The molecule has 0 saturated heterocycles. The summed E-state index contributed by atoms with van der Waals surface area (Å²) in [5, 5.41) is 8.54. The number of hydrogen-bond donors (Lipinski definition) is 3. The number of halogens is 1. The Balaban J connectivity index is 2.02. The van der Waals surface area contributed by atoms with Gasteiger partial charge in [0.05, 0.1) is 12.2 Å². The van der Waals surface area contributed by atoms with E-state index in [1.165, 1.54) is 0 Å². The summed E-state index contributed by atoms with van der Waals surface area (Å²) in [4.78, 5) is 24.5. The number of hydrogen-bond acceptors (Lipinski definition) is 5. The molecule has 0 bridgehead atoms. The maximum Gasteiger partial charge on any atom is 0.261 e. The minimum absolute atomic E-state index is 0.0545. The zero-order chi connectivity index (χ0) is 21.9. The van der Waals surface area contributed by atoms with Gasteiger partial charge in [0.2, 0.25) is 5.91 Å². The van der Waals surface area contributed by atoms with Gasteiger partial charge in [0.1, 0.15) is 12.4 Å². The van der Waals surface area contributed by atoms with Crippen molar-refractivity contribution in [2.24, 2.45) is 0 Å². The fourth-order valence-electron chi connectivity index (χ4n) is 2.50. The number of carbonyl (C=O) groups is 2. The summed E-state index contributed by atoms with van der Waals surface area (Å²) in [5.41, 5.74) is 1.62. The molecule has 0 aromatic heterocycles. The van der Waals surface area contributed by atoms with Gasteiger partial charge < -0.3 is 20.1 Å². The van der Waals surface area contributed by atoms with Gasteiger partial charge in [-0.15, -0.1) is 0 Å². The molecule has 0 aliphatic heterocycles. The standard InChI is InChI=1S/C21H24BrN3O4S/c1-3-5-19(26)23-15-6-4-7-16(13-15)24-21(30)25-20(27)17-12-14(22)8-9-18(17)29-11-10-28-2/h4,6-9,12-13H,3,5,10-11H2,1-2H3,(H,23,26)(H2,24,25,27,30). The van der Waals surface area contributed by atoms with Gasteiger partial charge in [0.15, 0.2) is 5.11 Å². The second-order valence-electron chi connectivity index (χ2n) is 6.27. The van der Waals surface area contributed by atoms with Crippen LogP contribution in [-0.4, -0.2) is 37.3 Å². The van der Waals surface area contributed by atoms with Crippen LogP contribution in [0.15, 0.2) is 46.9 Å². The van der Waals surface area contributed by atoms with E-state index in [1.807, 2.05) is 6.92 Å². The van der Waals surface area contributed by atoms with Gasteiger partial charge in [-0.25, -0.2) is 0 Å². The summed E-state index contributed by atoms with van der Waals surface area (Å²) < 4.78 is 11.3. The van der Waals surface area contributed by atoms with Gasteiger partial charge in [-0.1, -0.05) is 28.9 Å². The van der Waals surface area contributed by atoms with E-state index < -0.39 is 5.91 Å². The minimum atomic E-state index is -0.409. The largest absolute Gasteiger partial charge is 0.490 e. The van der Waals surface area contributed by atoms with Crippen LogP contribution >= 0.6 is 28.1 Å². The van der Waals surface area contributed by atoms with E-state index in [1.54, 1.807) is 49.6 Å². The summed E-state index contributed by atoms with van der Waals surface area (Å²) >= 11 is 8.63. The second-order valence-corrected chi connectivity index (χ2v) is 7.59. The maximum absolute atomic E-state index is 12.7. The van der Waals surface area contributed by atoms with E-state index in [-0.39, 0.29) is 11.0 Å². The van der Waals surface area contributed by atoms with Gasteiger partial charge in [0, 0.05) is 29.4 Å². The van der Waals surface area contributed by atoms with Gasteiger partial charge in [-0.2, -0.15) is 0 Å². The predicted molar refractivity (Wildman–Crippen MR) is 125 cm³/mol. The lowest BCUT2D eigenvalue weighted by Crippen LogP contribution is -2.34. The van der Waals surface area contributed by atoms with Gasteiger partial charge in [0.25, 0.3) is 5.91 Å². The van der Waals surface area contributed by atoms with Crippen molar-refractivity contribution in [1.29, 1.82) is 0 Å². The third-order valence-corrected chi connectivity index (χ3v) is 4.54. The number of thiocarbonyl (C=S) groups is 1. The predicted octanol–water partition coefficient (Wildman–Crippen LogP) is 4.34. The molecule has 2 amide bonds. The lowest BCUT2D eigenvalue weighted by Gasteiger charge is -2.14. The normalized spacial score (nSPS) is 10.2. The molecule has 3 N–H and O–H groups in total. The lowest BCUT2D eigenvalue weighted by atomic mass is 10.2. The molecule has 2 aromatic carbocycles. The second kappa shape index (κ2) is 12.3. The van der Waals surface area contributed by atoms with Crippen molar-refractivity contribution >= 4 is 56.4 Å². The monoisotopic (exact) mass is 493 g/mol. The molecule has 2 rings (SSSR count). The smallest absolute Gasteiger partial charge is 0.261 e. The van der Waals surface area contributed by atoms with Crippen LogP contribution in [0.4, 0.5) is 11.4 Å². The van der Waals surface area contributed by atoms with E-state index in [9.17, 15) is 9.59 Å². The van der Waals surface area contributed by atoms with Crippen LogP contribution in [-0.2, 0) is 9.53 Å². The topological polar surface area (TPSA) is 88.7 Å². The molecular weight excluding hydrogens is 470 g/mol. The molecule has 0 atom stereocenters. The Labute approximate surface area is 189 Å². The first-order chi connectivity index (χ1) is 14.4. The Morgan fingerprint density at radius 2 is 1.80 bits per heavy atom. The molecule has 0 aliphatic carbocycles. The number of nitrogens with one attached hydrogen (secondary N) is 3. The van der Waals surface area contributed by atoms with Crippen molar-refractivity contribution in [1.82, 2.24) is 5.32 Å². The van der Waals surface area contributed by atoms with E-state index in [0.717, 1.165) is 10.9 Å². The highest BCUT2D eigenvalue weighted by Gasteiger charge is 2.15. The summed E-state index contributed by atoms with van der Waals surface area (Å²) in [6, 6.07) is 12.2. The molecule has 7 nitrogen and oxygen atoms in total. The Bertz CT molecular complexity index is 908. The zero-order valence-electron chi connectivity index (χ0n) is 16.8. The molecule has 9 heteroatoms. The summed E-state index contributed by atoms with van der Waals surface area (Å²) in [6.45, 7) is 2.66. The van der Waals surface area contributed by atoms with Crippen molar-refractivity contribution < 1.29 is 19.1 Å². The number of benzene rings is 2. The van der Waals surface area contributed by atoms with Crippen LogP contribution in [0.3, 0.4) is 0 Å². The first-order valence-corrected chi connectivity index (χ1v) is 10.6. The number of carbonyl (C=O) groups excluding carboxylic acids is 2. The highest BCUT2D eigenvalue weighted by atomic mass is 79.9. The van der Waals surface area contributed by atoms with Crippen LogP contribution < -0.4 is 20.7 Å². The molecule has 0 saturated carbocycles. The van der Waals surface area contributed by atoms with Crippen LogP contribution in [0.1, 0.15) is 30.1 Å². The van der Waals surface area contributed by atoms with E-state index in [2.05, 4.69) is 31.9 Å². The number of rotatable bonds is 9.